The van der Waals surface area contributed by atoms with Gasteiger partial charge in [0, 0.05) is 16.5 Å². The molecule has 9 aromatic carbocycles. The van der Waals surface area contributed by atoms with Crippen LogP contribution < -0.4 is 0 Å². The van der Waals surface area contributed by atoms with Crippen LogP contribution in [-0.2, 0) is 0 Å². The molecule has 1 heterocycles. The fraction of sp³-hybridized carbons (Fsp3) is 0. The average molecular weight is 732 g/mol. The first-order chi connectivity index (χ1) is 28.7. The maximum absolute atomic E-state index is 10.5. The van der Waals surface area contributed by atoms with Crippen molar-refractivity contribution in [3.63, 3.8) is 0 Å². The maximum atomic E-state index is 10.5. The van der Waals surface area contributed by atoms with E-state index < -0.39 is 0 Å². The summed E-state index contributed by atoms with van der Waals surface area (Å²) in [6.45, 7) is 0. The van der Waals surface area contributed by atoms with E-state index in [1.165, 1.54) is 66.1 Å². The normalized spacial score (nSPS) is 11.8. The highest BCUT2D eigenvalue weighted by Crippen LogP contribution is 2.53. The smallest absolute Gasteiger partial charge is 0.0998 e. The van der Waals surface area contributed by atoms with Crippen LogP contribution in [0.4, 0.5) is 0 Å². The number of hydrogen-bond donors (Lipinski definition) is 0. The van der Waals surface area contributed by atoms with Crippen molar-refractivity contribution in [2.75, 3.05) is 0 Å². The Kier molecular flexibility index (Phi) is 6.76. The molecule has 0 unspecified atom stereocenters. The van der Waals surface area contributed by atoms with E-state index in [4.69, 9.17) is 4.98 Å². The largest absolute Gasteiger partial charge is 0.247 e. The van der Waals surface area contributed by atoms with Crippen molar-refractivity contribution in [3.05, 3.63) is 187 Å². The van der Waals surface area contributed by atoms with Crippen molar-refractivity contribution in [2.24, 2.45) is 0 Å². The summed E-state index contributed by atoms with van der Waals surface area (Å²) in [6.07, 6.45) is 0. The van der Waals surface area contributed by atoms with E-state index in [2.05, 4.69) is 140 Å². The van der Waals surface area contributed by atoms with Crippen molar-refractivity contribution in [3.8, 4) is 101 Å². The van der Waals surface area contributed by atoms with Gasteiger partial charge < -0.3 is 0 Å². The van der Waals surface area contributed by atoms with Crippen LogP contribution in [0.3, 0.4) is 0 Å². The molecule has 1 aromatic heterocycles. The van der Waals surface area contributed by atoms with Crippen molar-refractivity contribution in [1.29, 1.82) is 10.5 Å². The highest BCUT2D eigenvalue weighted by molar-refractivity contribution is 6.22. The molecule has 0 aliphatic heterocycles. The molecule has 0 fully saturated rings. The van der Waals surface area contributed by atoms with Gasteiger partial charge in [-0.3, -0.25) is 0 Å². The molecular formula is C55H29N3. The van der Waals surface area contributed by atoms with E-state index in [1.54, 1.807) is 0 Å². The van der Waals surface area contributed by atoms with E-state index in [9.17, 15) is 10.5 Å². The summed E-state index contributed by atoms with van der Waals surface area (Å²) in [5.41, 5.74) is 18.4. The van der Waals surface area contributed by atoms with Crippen LogP contribution in [0.25, 0.3) is 122 Å². The zero-order valence-electron chi connectivity index (χ0n) is 31.1. The lowest BCUT2D eigenvalue weighted by Gasteiger charge is -2.19. The molecule has 3 nitrogen and oxygen atoms in total. The fourth-order valence-corrected chi connectivity index (χ4v) is 9.77. The van der Waals surface area contributed by atoms with Gasteiger partial charge in [0.2, 0.25) is 0 Å². The van der Waals surface area contributed by atoms with Gasteiger partial charge in [0.25, 0.3) is 0 Å². The summed E-state index contributed by atoms with van der Waals surface area (Å²) in [7, 11) is 0. The first-order valence-electron chi connectivity index (χ1n) is 19.5. The Balaban J connectivity index is 1.23. The van der Waals surface area contributed by atoms with Crippen LogP contribution in [-0.4, -0.2) is 4.98 Å². The third-order valence-corrected chi connectivity index (χ3v) is 12.3. The SMILES string of the molecule is N#Cc1ccccc1-c1cc2c(-c3ccc4c5c(cccc35)-c3ccccc3-4)cc(-c3ccc4c5c(cccc35)-c3ccccc3-4)cc2c(-c2ccccc2C#N)n1. The Hall–Kier alpha value is -8.11. The summed E-state index contributed by atoms with van der Waals surface area (Å²) >= 11 is 0. The molecule has 264 valence electrons. The standard InChI is InChI=1S/C55H29N3/c56-30-32-11-1-3-13-36(32)52-29-50-49(42-24-26-48-41-18-8-6-16-39(41)45-21-10-22-46(42)54(45)48)27-34(28-51(50)55(58-52)37-14-4-2-12-33(37)31-57)35-23-25-47-40-17-7-5-15-38(40)44-20-9-19-43(35)53(44)47/h1-29H. The molecule has 58 heavy (non-hydrogen) atoms. The molecule has 0 saturated heterocycles. The highest BCUT2D eigenvalue weighted by atomic mass is 14.7. The van der Waals surface area contributed by atoms with E-state index in [0.717, 1.165) is 44.2 Å². The Morgan fingerprint density at radius 1 is 0.310 bits per heavy atom. The molecule has 10 aromatic rings. The minimum absolute atomic E-state index is 0.542. The van der Waals surface area contributed by atoms with E-state index in [1.807, 2.05) is 48.5 Å². The minimum Gasteiger partial charge on any atom is -0.247 e. The second kappa shape index (κ2) is 12.2. The van der Waals surface area contributed by atoms with Gasteiger partial charge in [0.05, 0.1) is 34.7 Å². The summed E-state index contributed by atoms with van der Waals surface area (Å²) in [4.78, 5) is 5.38. The third-order valence-electron chi connectivity index (χ3n) is 12.3. The van der Waals surface area contributed by atoms with Crippen molar-refractivity contribution in [1.82, 2.24) is 4.98 Å². The fourth-order valence-electron chi connectivity index (χ4n) is 9.77. The molecule has 3 heteroatoms. The number of nitriles is 2. The summed E-state index contributed by atoms with van der Waals surface area (Å²) in [6, 6.07) is 66.7. The zero-order chi connectivity index (χ0) is 38.5. The Morgan fingerprint density at radius 3 is 1.34 bits per heavy atom. The molecule has 2 aliphatic carbocycles. The Bertz CT molecular complexity index is 3480. The Morgan fingerprint density at radius 2 is 0.759 bits per heavy atom. The number of aromatic nitrogens is 1. The molecule has 2 aliphatic rings. The molecular weight excluding hydrogens is 703 g/mol. The van der Waals surface area contributed by atoms with E-state index in [0.29, 0.717) is 22.5 Å². The first-order valence-corrected chi connectivity index (χ1v) is 19.5. The van der Waals surface area contributed by atoms with Crippen LogP contribution in [0, 0.1) is 22.7 Å². The molecule has 0 N–H and O–H groups in total. The lowest BCUT2D eigenvalue weighted by atomic mass is 9.86. The monoisotopic (exact) mass is 731 g/mol. The van der Waals surface area contributed by atoms with Crippen molar-refractivity contribution >= 4 is 32.3 Å². The third kappa shape index (κ3) is 4.45. The molecule has 0 bridgehead atoms. The number of nitrogens with zero attached hydrogens (tertiary/aromatic N) is 3. The van der Waals surface area contributed by atoms with E-state index >= 15 is 0 Å². The van der Waals surface area contributed by atoms with Crippen molar-refractivity contribution in [2.45, 2.75) is 0 Å². The molecule has 0 amide bonds. The van der Waals surface area contributed by atoms with Gasteiger partial charge >= 0.3 is 0 Å². The Labute approximate surface area is 335 Å². The van der Waals surface area contributed by atoms with Gasteiger partial charge in [0.15, 0.2) is 0 Å². The maximum Gasteiger partial charge on any atom is 0.0998 e. The summed E-state index contributed by atoms with van der Waals surface area (Å²) in [5, 5.41) is 27.6. The van der Waals surface area contributed by atoms with Gasteiger partial charge in [-0.05, 0) is 124 Å². The van der Waals surface area contributed by atoms with Crippen LogP contribution >= 0.6 is 0 Å². The molecule has 0 saturated carbocycles. The number of pyridine rings is 1. The number of fused-ring (bicyclic) bond motifs is 7. The van der Waals surface area contributed by atoms with Crippen LogP contribution in [0.15, 0.2) is 176 Å². The summed E-state index contributed by atoms with van der Waals surface area (Å²) < 4.78 is 0. The first kappa shape index (κ1) is 32.2. The second-order valence-corrected chi connectivity index (χ2v) is 15.2. The summed E-state index contributed by atoms with van der Waals surface area (Å²) in [5.74, 6) is 0. The highest BCUT2D eigenvalue weighted by Gasteiger charge is 2.26. The lowest BCUT2D eigenvalue weighted by molar-refractivity contribution is 1.33. The van der Waals surface area contributed by atoms with Crippen LogP contribution in [0.5, 0.6) is 0 Å². The van der Waals surface area contributed by atoms with E-state index in [-0.39, 0.29) is 0 Å². The predicted molar refractivity (Wildman–Crippen MR) is 237 cm³/mol. The number of rotatable bonds is 4. The lowest BCUT2D eigenvalue weighted by Crippen LogP contribution is -1.97. The topological polar surface area (TPSA) is 60.5 Å². The molecule has 0 atom stereocenters. The van der Waals surface area contributed by atoms with Gasteiger partial charge in [-0.15, -0.1) is 0 Å². The van der Waals surface area contributed by atoms with Gasteiger partial charge in [-0.1, -0.05) is 146 Å². The minimum atomic E-state index is 0.542. The zero-order valence-corrected chi connectivity index (χ0v) is 31.1. The molecule has 0 spiro atoms. The predicted octanol–water partition coefficient (Wildman–Crippen LogP) is 14.2. The average Bonchev–Trinajstić information content (AvgIpc) is 3.80. The molecule has 12 rings (SSSR count). The quantitative estimate of drug-likeness (QED) is 0.181. The van der Waals surface area contributed by atoms with Gasteiger partial charge in [-0.25, -0.2) is 4.98 Å². The van der Waals surface area contributed by atoms with Crippen molar-refractivity contribution < 1.29 is 0 Å². The van der Waals surface area contributed by atoms with Gasteiger partial charge in [-0.2, -0.15) is 10.5 Å². The number of benzene rings is 9. The number of hydrogen-bond acceptors (Lipinski definition) is 3. The van der Waals surface area contributed by atoms with Crippen LogP contribution in [0.2, 0.25) is 0 Å². The second-order valence-electron chi connectivity index (χ2n) is 15.2. The van der Waals surface area contributed by atoms with Gasteiger partial charge in [0.1, 0.15) is 0 Å². The molecule has 0 radical (unpaired) electrons. The van der Waals surface area contributed by atoms with Crippen LogP contribution in [0.1, 0.15) is 11.1 Å².